The summed E-state index contributed by atoms with van der Waals surface area (Å²) >= 11 is 0. The number of piperidine rings is 1. The molecule has 2 amide bonds. The van der Waals surface area contributed by atoms with Gasteiger partial charge in [-0.05, 0) is 31.2 Å². The number of carbonyl (C=O) groups is 2. The number of fused-ring (bicyclic) bond motifs is 2. The minimum absolute atomic E-state index is 0.00408. The maximum atomic E-state index is 13.0. The van der Waals surface area contributed by atoms with Crippen LogP contribution < -0.4 is 5.32 Å². The van der Waals surface area contributed by atoms with E-state index in [1.54, 1.807) is 0 Å². The van der Waals surface area contributed by atoms with Gasteiger partial charge in [0.05, 0.1) is 12.3 Å². The molecule has 4 rings (SSSR count). The second kappa shape index (κ2) is 9.14. The van der Waals surface area contributed by atoms with Crippen molar-refractivity contribution in [2.45, 2.75) is 57.6 Å². The molecular weight excluding hydrogens is 392 g/mol. The normalized spacial score (nSPS) is 18.3. The summed E-state index contributed by atoms with van der Waals surface area (Å²) in [7, 11) is 0. The van der Waals surface area contributed by atoms with Gasteiger partial charge in [0.15, 0.2) is 5.82 Å². The van der Waals surface area contributed by atoms with Crippen molar-refractivity contribution in [2.75, 3.05) is 19.7 Å². The second-order valence-electron chi connectivity index (χ2n) is 8.39. The smallest absolute Gasteiger partial charge is 0.245 e. The number of hydrogen-bond donors (Lipinski definition) is 1. The van der Waals surface area contributed by atoms with Gasteiger partial charge in [0.2, 0.25) is 11.8 Å². The van der Waals surface area contributed by atoms with E-state index in [1.807, 2.05) is 48.4 Å². The van der Waals surface area contributed by atoms with Crippen LogP contribution in [0.4, 0.5) is 0 Å². The molecule has 7 nitrogen and oxygen atoms in total. The number of nitrogens with one attached hydrogen (secondary N) is 1. The largest absolute Gasteiger partial charge is 0.368 e. The Kier molecular flexibility index (Phi) is 6.32. The van der Waals surface area contributed by atoms with E-state index in [0.29, 0.717) is 44.8 Å². The topological polar surface area (TPSA) is 84.4 Å². The summed E-state index contributed by atoms with van der Waals surface area (Å²) in [6, 6.07) is 9.51. The van der Waals surface area contributed by atoms with E-state index in [2.05, 4.69) is 10.3 Å². The Morgan fingerprint density at radius 3 is 2.65 bits per heavy atom. The zero-order valence-electron chi connectivity index (χ0n) is 18.3. The van der Waals surface area contributed by atoms with E-state index in [9.17, 15) is 9.59 Å². The molecule has 3 heterocycles. The first-order valence-corrected chi connectivity index (χ1v) is 11.1. The number of ether oxygens (including phenoxy) is 1. The molecule has 1 spiro atoms. The van der Waals surface area contributed by atoms with Gasteiger partial charge in [-0.1, -0.05) is 43.7 Å². The van der Waals surface area contributed by atoms with Gasteiger partial charge in [0, 0.05) is 31.8 Å². The van der Waals surface area contributed by atoms with Crippen molar-refractivity contribution in [1.82, 2.24) is 20.2 Å². The predicted molar refractivity (Wildman–Crippen MR) is 117 cm³/mol. The average molecular weight is 423 g/mol. The molecule has 0 saturated carbocycles. The van der Waals surface area contributed by atoms with Crippen molar-refractivity contribution in [3.05, 3.63) is 47.8 Å². The first kappa shape index (κ1) is 21.4. The summed E-state index contributed by atoms with van der Waals surface area (Å²) in [5.74, 6) is 0.530. The quantitative estimate of drug-likeness (QED) is 0.801. The summed E-state index contributed by atoms with van der Waals surface area (Å²) in [4.78, 5) is 35.9. The van der Waals surface area contributed by atoms with Crippen molar-refractivity contribution in [3.8, 4) is 11.4 Å². The molecule has 1 fully saturated rings. The minimum Gasteiger partial charge on any atom is -0.368 e. The van der Waals surface area contributed by atoms with Crippen molar-refractivity contribution in [3.63, 3.8) is 0 Å². The third-order valence-electron chi connectivity index (χ3n) is 6.21. The van der Waals surface area contributed by atoms with Crippen molar-refractivity contribution < 1.29 is 14.3 Å². The summed E-state index contributed by atoms with van der Waals surface area (Å²) in [6.07, 6.45) is 5.60. The molecule has 1 unspecified atom stereocenters. The van der Waals surface area contributed by atoms with Crippen LogP contribution in [-0.4, -0.2) is 52.4 Å². The molecule has 7 heteroatoms. The third kappa shape index (κ3) is 4.46. The number of aromatic nitrogens is 2. The standard InChI is InChI=1S/C24H30N4O3/c1-3-7-20(26-17(2)29)23(30)28-13-11-24(12-14-28)21-19(10-15-31-24)16-25-22(27-21)18-8-5-4-6-9-18/h4-6,8-9,16,20H,3,7,10-15H2,1-2H3,(H,26,29). The van der Waals surface area contributed by atoms with Crippen LogP contribution in [0.3, 0.4) is 0 Å². The third-order valence-corrected chi connectivity index (χ3v) is 6.21. The summed E-state index contributed by atoms with van der Waals surface area (Å²) < 4.78 is 6.33. The van der Waals surface area contributed by atoms with Gasteiger partial charge in [-0.2, -0.15) is 0 Å². The van der Waals surface area contributed by atoms with Gasteiger partial charge in [-0.15, -0.1) is 0 Å². The van der Waals surface area contributed by atoms with E-state index >= 15 is 0 Å². The highest BCUT2D eigenvalue weighted by molar-refractivity contribution is 5.87. The lowest BCUT2D eigenvalue weighted by molar-refractivity contribution is -0.145. The minimum atomic E-state index is -0.481. The fourth-order valence-electron chi connectivity index (χ4n) is 4.62. The number of nitrogens with zero attached hydrogens (tertiary/aromatic N) is 3. The molecule has 164 valence electrons. The fraction of sp³-hybridized carbons (Fsp3) is 0.500. The molecule has 1 N–H and O–H groups in total. The number of carbonyl (C=O) groups excluding carboxylic acids is 2. The molecule has 2 aliphatic rings. The van der Waals surface area contributed by atoms with E-state index in [1.165, 1.54) is 6.92 Å². The molecular formula is C24H30N4O3. The van der Waals surface area contributed by atoms with Gasteiger partial charge in [0.25, 0.3) is 0 Å². The SMILES string of the molecule is CCCC(NC(C)=O)C(=O)N1CCC2(CC1)OCCc1cnc(-c3ccccc3)nc12. The van der Waals surface area contributed by atoms with Gasteiger partial charge in [-0.3, -0.25) is 9.59 Å². The van der Waals surface area contributed by atoms with Crippen molar-refractivity contribution in [1.29, 1.82) is 0 Å². The molecule has 1 aromatic heterocycles. The summed E-state index contributed by atoms with van der Waals surface area (Å²) in [6.45, 7) is 5.28. The predicted octanol–water partition coefficient (Wildman–Crippen LogP) is 2.84. The molecule has 31 heavy (non-hydrogen) atoms. The zero-order valence-corrected chi connectivity index (χ0v) is 18.3. The maximum Gasteiger partial charge on any atom is 0.245 e. The second-order valence-corrected chi connectivity index (χ2v) is 8.39. The molecule has 0 bridgehead atoms. The van der Waals surface area contributed by atoms with Gasteiger partial charge in [-0.25, -0.2) is 9.97 Å². The molecule has 0 radical (unpaired) electrons. The summed E-state index contributed by atoms with van der Waals surface area (Å²) in [5, 5.41) is 2.81. The van der Waals surface area contributed by atoms with Gasteiger partial charge >= 0.3 is 0 Å². The molecule has 2 aliphatic heterocycles. The molecule has 0 aliphatic carbocycles. The highest BCUT2D eigenvalue weighted by Gasteiger charge is 2.44. The number of likely N-dealkylation sites (tertiary alicyclic amines) is 1. The molecule has 2 aromatic rings. The Bertz CT molecular complexity index is 939. The highest BCUT2D eigenvalue weighted by atomic mass is 16.5. The first-order chi connectivity index (χ1) is 15.0. The number of hydrogen-bond acceptors (Lipinski definition) is 5. The molecule has 1 aromatic carbocycles. The van der Waals surface area contributed by atoms with Crippen LogP contribution in [0, 0.1) is 0 Å². The fourth-order valence-corrected chi connectivity index (χ4v) is 4.62. The van der Waals surface area contributed by atoms with E-state index in [-0.39, 0.29) is 11.8 Å². The molecule has 1 saturated heterocycles. The van der Waals surface area contributed by atoms with Crippen LogP contribution >= 0.6 is 0 Å². The van der Waals surface area contributed by atoms with Crippen LogP contribution in [0.15, 0.2) is 36.5 Å². The monoisotopic (exact) mass is 422 g/mol. The zero-order chi connectivity index (χ0) is 21.8. The Hall–Kier alpha value is -2.80. The van der Waals surface area contributed by atoms with E-state index in [4.69, 9.17) is 9.72 Å². The lowest BCUT2D eigenvalue weighted by Crippen LogP contribution is -2.54. The van der Waals surface area contributed by atoms with Gasteiger partial charge < -0.3 is 15.0 Å². The van der Waals surface area contributed by atoms with E-state index in [0.717, 1.165) is 29.7 Å². The number of amides is 2. The van der Waals surface area contributed by atoms with Crippen LogP contribution in [-0.2, 0) is 26.3 Å². The maximum absolute atomic E-state index is 13.0. The number of benzene rings is 1. The van der Waals surface area contributed by atoms with Gasteiger partial charge in [0.1, 0.15) is 11.6 Å². The van der Waals surface area contributed by atoms with Crippen molar-refractivity contribution in [2.24, 2.45) is 0 Å². The lowest BCUT2D eigenvalue weighted by Gasteiger charge is -2.44. The lowest BCUT2D eigenvalue weighted by atomic mass is 9.83. The van der Waals surface area contributed by atoms with Crippen molar-refractivity contribution >= 4 is 11.8 Å². The van der Waals surface area contributed by atoms with Crippen LogP contribution in [0.1, 0.15) is 50.8 Å². The summed E-state index contributed by atoms with van der Waals surface area (Å²) in [5.41, 5.74) is 2.60. The Morgan fingerprint density at radius 2 is 1.97 bits per heavy atom. The van der Waals surface area contributed by atoms with Crippen LogP contribution in [0.25, 0.3) is 11.4 Å². The number of rotatable bonds is 5. The Balaban J connectivity index is 1.54. The first-order valence-electron chi connectivity index (χ1n) is 11.1. The van der Waals surface area contributed by atoms with E-state index < -0.39 is 11.6 Å². The Morgan fingerprint density at radius 1 is 1.23 bits per heavy atom. The van der Waals surface area contributed by atoms with Crippen LogP contribution in [0.2, 0.25) is 0 Å². The highest BCUT2D eigenvalue weighted by Crippen LogP contribution is 2.41. The van der Waals surface area contributed by atoms with Crippen LogP contribution in [0.5, 0.6) is 0 Å². The Labute approximate surface area is 183 Å². The molecule has 1 atom stereocenters. The average Bonchev–Trinajstić information content (AvgIpc) is 2.79.